The smallest absolute Gasteiger partial charge is 0.261 e. The number of ether oxygens (including phenoxy) is 1. The molecule has 8 heteroatoms. The van der Waals surface area contributed by atoms with Crippen molar-refractivity contribution in [1.29, 1.82) is 0 Å². The normalized spacial score (nSPS) is 11.5. The van der Waals surface area contributed by atoms with Gasteiger partial charge in [-0.3, -0.25) is 9.59 Å². The molecule has 0 aliphatic carbocycles. The predicted octanol–water partition coefficient (Wildman–Crippen LogP) is 5.91. The Kier molecular flexibility index (Phi) is 9.81. The van der Waals surface area contributed by atoms with E-state index in [2.05, 4.69) is 21.2 Å². The minimum Gasteiger partial charge on any atom is -0.483 e. The average molecular weight is 564 g/mol. The van der Waals surface area contributed by atoms with Crippen LogP contribution in [0, 0.1) is 0 Å². The third-order valence-corrected chi connectivity index (χ3v) is 6.39. The molecule has 0 saturated heterocycles. The minimum atomic E-state index is -0.747. The highest BCUT2D eigenvalue weighted by atomic mass is 79.9. The molecule has 34 heavy (non-hydrogen) atoms. The van der Waals surface area contributed by atoms with Gasteiger partial charge >= 0.3 is 0 Å². The first-order valence-electron chi connectivity index (χ1n) is 10.8. The van der Waals surface area contributed by atoms with Crippen molar-refractivity contribution in [3.05, 3.63) is 98.4 Å². The van der Waals surface area contributed by atoms with Crippen molar-refractivity contribution in [3.8, 4) is 5.75 Å². The second-order valence-electron chi connectivity index (χ2n) is 7.58. The molecule has 2 amide bonds. The first-order chi connectivity index (χ1) is 16.4. The van der Waals surface area contributed by atoms with E-state index in [-0.39, 0.29) is 25.0 Å². The van der Waals surface area contributed by atoms with Crippen molar-refractivity contribution in [2.75, 3.05) is 13.2 Å². The van der Waals surface area contributed by atoms with E-state index in [0.717, 1.165) is 11.1 Å². The fourth-order valence-corrected chi connectivity index (χ4v) is 4.46. The van der Waals surface area contributed by atoms with Crippen LogP contribution in [0.3, 0.4) is 0 Å². The van der Waals surface area contributed by atoms with Gasteiger partial charge in [0.15, 0.2) is 6.61 Å². The van der Waals surface area contributed by atoms with Crippen LogP contribution in [0.25, 0.3) is 0 Å². The molecular weight excluding hydrogens is 539 g/mol. The van der Waals surface area contributed by atoms with Gasteiger partial charge in [-0.15, -0.1) is 0 Å². The molecular formula is C26H25BrCl2N2O3. The minimum absolute atomic E-state index is 0.165. The van der Waals surface area contributed by atoms with Crippen molar-refractivity contribution in [1.82, 2.24) is 10.2 Å². The van der Waals surface area contributed by atoms with Crippen LogP contribution in [-0.4, -0.2) is 35.9 Å². The number of likely N-dealkylation sites (N-methyl/N-ethyl adjacent to an activating group) is 1. The van der Waals surface area contributed by atoms with Gasteiger partial charge in [0.1, 0.15) is 11.8 Å². The molecule has 1 atom stereocenters. The summed E-state index contributed by atoms with van der Waals surface area (Å²) >= 11 is 15.8. The molecule has 0 unspecified atom stereocenters. The van der Waals surface area contributed by atoms with Crippen molar-refractivity contribution in [2.45, 2.75) is 25.9 Å². The van der Waals surface area contributed by atoms with Gasteiger partial charge in [-0.2, -0.15) is 0 Å². The zero-order valence-electron chi connectivity index (χ0n) is 18.6. The lowest BCUT2D eigenvalue weighted by Crippen LogP contribution is -2.51. The van der Waals surface area contributed by atoms with Gasteiger partial charge in [0.05, 0.1) is 4.47 Å². The summed E-state index contributed by atoms with van der Waals surface area (Å²) in [5, 5.41) is 3.93. The molecule has 3 aromatic carbocycles. The summed E-state index contributed by atoms with van der Waals surface area (Å²) in [5.41, 5.74) is 1.68. The van der Waals surface area contributed by atoms with E-state index in [4.69, 9.17) is 27.9 Å². The summed E-state index contributed by atoms with van der Waals surface area (Å²) < 4.78 is 6.42. The Morgan fingerprint density at radius 2 is 1.74 bits per heavy atom. The lowest BCUT2D eigenvalue weighted by molar-refractivity contribution is -0.142. The molecule has 3 aromatic rings. The summed E-state index contributed by atoms with van der Waals surface area (Å²) in [6, 6.07) is 21.2. The van der Waals surface area contributed by atoms with E-state index < -0.39 is 6.04 Å². The third-order valence-electron chi connectivity index (χ3n) is 5.17. The van der Waals surface area contributed by atoms with E-state index in [1.54, 1.807) is 24.3 Å². The Bertz CT molecular complexity index is 1130. The molecule has 5 nitrogen and oxygen atoms in total. The Morgan fingerprint density at radius 3 is 2.41 bits per heavy atom. The summed E-state index contributed by atoms with van der Waals surface area (Å²) in [6.07, 6.45) is 0.355. The highest BCUT2D eigenvalue weighted by Crippen LogP contribution is 2.28. The SMILES string of the molecule is CCNC(=O)[C@@H](Cc1ccccc1)N(Cc1ccccc1Cl)C(=O)COc1ccc(Cl)cc1Br. The molecule has 3 rings (SSSR count). The first-order valence-corrected chi connectivity index (χ1v) is 12.4. The van der Waals surface area contributed by atoms with Crippen LogP contribution in [0.5, 0.6) is 5.75 Å². The van der Waals surface area contributed by atoms with Crippen LogP contribution in [0.1, 0.15) is 18.1 Å². The maximum Gasteiger partial charge on any atom is 0.261 e. The second-order valence-corrected chi connectivity index (χ2v) is 9.27. The van der Waals surface area contributed by atoms with Gasteiger partial charge < -0.3 is 15.0 Å². The molecule has 0 aromatic heterocycles. The van der Waals surface area contributed by atoms with E-state index in [9.17, 15) is 9.59 Å². The monoisotopic (exact) mass is 562 g/mol. The van der Waals surface area contributed by atoms with Gasteiger partial charge in [0.25, 0.3) is 5.91 Å². The molecule has 0 spiro atoms. The molecule has 0 radical (unpaired) electrons. The lowest BCUT2D eigenvalue weighted by atomic mass is 10.0. The number of amides is 2. The summed E-state index contributed by atoms with van der Waals surface area (Å²) in [5.74, 6) is -0.0959. The fraction of sp³-hybridized carbons (Fsp3) is 0.231. The summed E-state index contributed by atoms with van der Waals surface area (Å²) in [6.45, 7) is 2.21. The Morgan fingerprint density at radius 1 is 1.03 bits per heavy atom. The van der Waals surface area contributed by atoms with Gasteiger partial charge in [-0.1, -0.05) is 71.7 Å². The fourth-order valence-electron chi connectivity index (χ4n) is 3.47. The Hall–Kier alpha value is -2.54. The highest BCUT2D eigenvalue weighted by molar-refractivity contribution is 9.10. The maximum absolute atomic E-state index is 13.5. The van der Waals surface area contributed by atoms with Crippen LogP contribution < -0.4 is 10.1 Å². The molecule has 178 valence electrons. The lowest BCUT2D eigenvalue weighted by Gasteiger charge is -2.31. The number of nitrogens with zero attached hydrogens (tertiary/aromatic N) is 1. The van der Waals surface area contributed by atoms with E-state index >= 15 is 0 Å². The highest BCUT2D eigenvalue weighted by Gasteiger charge is 2.31. The summed E-state index contributed by atoms with van der Waals surface area (Å²) in [4.78, 5) is 28.2. The van der Waals surface area contributed by atoms with Crippen LogP contribution in [0.2, 0.25) is 10.0 Å². The molecule has 1 N–H and O–H groups in total. The van der Waals surface area contributed by atoms with Crippen molar-refractivity contribution >= 4 is 50.9 Å². The standard InChI is InChI=1S/C26H25BrCl2N2O3/c1-2-30-26(33)23(14-18-8-4-3-5-9-18)31(16-19-10-6-7-11-22(19)29)25(32)17-34-24-13-12-20(28)15-21(24)27/h3-13,15,23H,2,14,16-17H2,1H3,(H,30,33)/t23-/m1/s1. The number of nitrogens with one attached hydrogen (secondary N) is 1. The molecule has 0 aliphatic heterocycles. The second kappa shape index (κ2) is 12.8. The Balaban J connectivity index is 1.91. The average Bonchev–Trinajstić information content (AvgIpc) is 2.82. The van der Waals surface area contributed by atoms with Gasteiger partial charge in [0.2, 0.25) is 5.91 Å². The van der Waals surface area contributed by atoms with Crippen molar-refractivity contribution < 1.29 is 14.3 Å². The quantitative estimate of drug-likeness (QED) is 0.333. The molecule has 0 heterocycles. The molecule has 0 saturated carbocycles. The number of hydrogen-bond donors (Lipinski definition) is 1. The molecule has 0 aliphatic rings. The largest absolute Gasteiger partial charge is 0.483 e. The maximum atomic E-state index is 13.5. The van der Waals surface area contributed by atoms with E-state index in [1.165, 1.54) is 4.90 Å². The van der Waals surface area contributed by atoms with Gasteiger partial charge in [-0.05, 0) is 58.2 Å². The number of benzene rings is 3. The summed E-state index contributed by atoms with van der Waals surface area (Å²) in [7, 11) is 0. The number of carbonyl (C=O) groups is 2. The molecule has 0 bridgehead atoms. The third kappa shape index (κ3) is 7.23. The number of rotatable bonds is 10. The zero-order valence-corrected chi connectivity index (χ0v) is 21.7. The van der Waals surface area contributed by atoms with Crippen LogP contribution >= 0.6 is 39.1 Å². The van der Waals surface area contributed by atoms with Gasteiger partial charge in [0, 0.05) is 29.6 Å². The zero-order chi connectivity index (χ0) is 24.5. The number of hydrogen-bond acceptors (Lipinski definition) is 3. The number of halogens is 3. The predicted molar refractivity (Wildman–Crippen MR) is 139 cm³/mol. The van der Waals surface area contributed by atoms with E-state index in [1.807, 2.05) is 55.5 Å². The van der Waals surface area contributed by atoms with E-state index in [0.29, 0.717) is 33.2 Å². The van der Waals surface area contributed by atoms with Crippen LogP contribution in [-0.2, 0) is 22.6 Å². The first kappa shape index (κ1) is 26.1. The van der Waals surface area contributed by atoms with Crippen molar-refractivity contribution in [2.24, 2.45) is 0 Å². The Labute approximate surface area is 218 Å². The molecule has 0 fully saturated rings. The van der Waals surface area contributed by atoms with Crippen molar-refractivity contribution in [3.63, 3.8) is 0 Å². The van der Waals surface area contributed by atoms with Crippen LogP contribution in [0.4, 0.5) is 0 Å². The van der Waals surface area contributed by atoms with Crippen LogP contribution in [0.15, 0.2) is 77.3 Å². The topological polar surface area (TPSA) is 58.6 Å². The van der Waals surface area contributed by atoms with Gasteiger partial charge in [-0.25, -0.2) is 0 Å². The number of carbonyl (C=O) groups excluding carboxylic acids is 2.